The Labute approximate surface area is 140 Å². The number of nitrogens with one attached hydrogen (secondary N) is 1. The van der Waals surface area contributed by atoms with E-state index in [9.17, 15) is 19.1 Å². The molecule has 1 fully saturated rings. The van der Waals surface area contributed by atoms with Crippen molar-refractivity contribution in [1.82, 2.24) is 10.2 Å². The first kappa shape index (κ1) is 18.2. The molecule has 0 aliphatic carbocycles. The van der Waals surface area contributed by atoms with Crippen molar-refractivity contribution in [2.75, 3.05) is 26.7 Å². The average Bonchev–Trinajstić information content (AvgIpc) is 2.56. The number of aliphatic carboxylic acids is 1. The van der Waals surface area contributed by atoms with Crippen molar-refractivity contribution in [2.45, 2.75) is 19.4 Å². The van der Waals surface area contributed by atoms with Crippen LogP contribution >= 0.6 is 0 Å². The van der Waals surface area contributed by atoms with Crippen LogP contribution in [0.5, 0.6) is 0 Å². The highest BCUT2D eigenvalue weighted by atomic mass is 19.1. The van der Waals surface area contributed by atoms with Gasteiger partial charge in [0, 0.05) is 26.7 Å². The number of halogens is 1. The van der Waals surface area contributed by atoms with Gasteiger partial charge in [-0.1, -0.05) is 19.1 Å². The molecule has 2 N–H and O–H groups in total. The van der Waals surface area contributed by atoms with Crippen molar-refractivity contribution >= 4 is 12.0 Å². The molecule has 0 radical (unpaired) electrons. The van der Waals surface area contributed by atoms with Crippen LogP contribution in [0.2, 0.25) is 0 Å². The van der Waals surface area contributed by atoms with Crippen LogP contribution in [-0.2, 0) is 9.53 Å². The highest BCUT2D eigenvalue weighted by Gasteiger charge is 2.32. The molecule has 3 unspecified atom stereocenters. The molecule has 1 saturated heterocycles. The quantitative estimate of drug-likeness (QED) is 0.863. The van der Waals surface area contributed by atoms with Gasteiger partial charge in [0.15, 0.2) is 0 Å². The average molecular weight is 338 g/mol. The predicted molar refractivity (Wildman–Crippen MR) is 86.0 cm³/mol. The Morgan fingerprint density at radius 1 is 1.38 bits per heavy atom. The van der Waals surface area contributed by atoms with Gasteiger partial charge in [0.05, 0.1) is 12.0 Å². The number of carbonyl (C=O) groups is 2. The van der Waals surface area contributed by atoms with E-state index in [-0.39, 0.29) is 30.9 Å². The Morgan fingerprint density at radius 3 is 2.62 bits per heavy atom. The second kappa shape index (κ2) is 8.10. The van der Waals surface area contributed by atoms with Gasteiger partial charge in [-0.3, -0.25) is 4.79 Å². The fourth-order valence-corrected chi connectivity index (χ4v) is 3.00. The monoisotopic (exact) mass is 338 g/mol. The van der Waals surface area contributed by atoms with Crippen LogP contribution < -0.4 is 5.32 Å². The van der Waals surface area contributed by atoms with Gasteiger partial charge >= 0.3 is 12.0 Å². The molecule has 0 saturated carbocycles. The molecular formula is C17H23FN2O4. The van der Waals surface area contributed by atoms with Gasteiger partial charge in [0.1, 0.15) is 5.82 Å². The molecule has 1 aliphatic heterocycles. The molecule has 2 amide bonds. The Balaban J connectivity index is 1.93. The Kier molecular flexibility index (Phi) is 6.14. The summed E-state index contributed by atoms with van der Waals surface area (Å²) >= 11 is 0. The number of nitrogens with zero attached hydrogens (tertiary/aromatic N) is 1. The van der Waals surface area contributed by atoms with Crippen molar-refractivity contribution in [2.24, 2.45) is 11.8 Å². The minimum atomic E-state index is -0.875. The van der Waals surface area contributed by atoms with Crippen molar-refractivity contribution in [3.63, 3.8) is 0 Å². The summed E-state index contributed by atoms with van der Waals surface area (Å²) in [6.45, 7) is 2.90. The van der Waals surface area contributed by atoms with E-state index in [1.165, 1.54) is 24.1 Å². The molecule has 0 aromatic heterocycles. The van der Waals surface area contributed by atoms with Crippen LogP contribution in [0.1, 0.15) is 25.0 Å². The van der Waals surface area contributed by atoms with E-state index in [2.05, 4.69) is 5.32 Å². The summed E-state index contributed by atoms with van der Waals surface area (Å²) in [5, 5.41) is 11.9. The number of carboxylic acids is 1. The molecule has 24 heavy (non-hydrogen) atoms. The maximum Gasteiger partial charge on any atom is 0.317 e. The van der Waals surface area contributed by atoms with E-state index in [0.717, 1.165) is 5.56 Å². The molecule has 1 aliphatic rings. The first-order chi connectivity index (χ1) is 11.4. The van der Waals surface area contributed by atoms with Crippen LogP contribution in [-0.4, -0.2) is 48.8 Å². The van der Waals surface area contributed by atoms with Gasteiger partial charge in [0.2, 0.25) is 0 Å². The number of carboxylic acid groups (broad SMARTS) is 1. The fourth-order valence-electron chi connectivity index (χ4n) is 3.00. The second-order valence-corrected chi connectivity index (χ2v) is 6.24. The minimum absolute atomic E-state index is 0.140. The van der Waals surface area contributed by atoms with Crippen LogP contribution in [0.3, 0.4) is 0 Å². The summed E-state index contributed by atoms with van der Waals surface area (Å²) in [5.74, 6) is -1.60. The van der Waals surface area contributed by atoms with E-state index in [1.807, 2.05) is 6.92 Å². The molecule has 3 atom stereocenters. The lowest BCUT2D eigenvalue weighted by Gasteiger charge is -2.34. The maximum absolute atomic E-state index is 13.0. The van der Waals surface area contributed by atoms with Crippen molar-refractivity contribution in [3.05, 3.63) is 35.6 Å². The highest BCUT2D eigenvalue weighted by molar-refractivity contribution is 5.76. The molecule has 1 aromatic carbocycles. The normalized spacial score (nSPS) is 22.0. The van der Waals surface area contributed by atoms with E-state index in [1.54, 1.807) is 12.1 Å². The van der Waals surface area contributed by atoms with Gasteiger partial charge < -0.3 is 20.1 Å². The van der Waals surface area contributed by atoms with Gasteiger partial charge in [-0.2, -0.15) is 0 Å². The number of piperidine rings is 1. The molecule has 7 heteroatoms. The van der Waals surface area contributed by atoms with Gasteiger partial charge in [-0.25, -0.2) is 9.18 Å². The third-order valence-corrected chi connectivity index (χ3v) is 4.26. The zero-order valence-corrected chi connectivity index (χ0v) is 13.9. The molecule has 132 valence electrons. The topological polar surface area (TPSA) is 78.9 Å². The first-order valence-electron chi connectivity index (χ1n) is 7.94. The smallest absolute Gasteiger partial charge is 0.317 e. The van der Waals surface area contributed by atoms with Crippen LogP contribution in [0.25, 0.3) is 0 Å². The summed E-state index contributed by atoms with van der Waals surface area (Å²) in [6.07, 6.45) is 0.182. The number of methoxy groups -OCH3 is 1. The lowest BCUT2D eigenvalue weighted by atomic mass is 9.91. The molecule has 2 rings (SSSR count). The lowest BCUT2D eigenvalue weighted by molar-refractivity contribution is -0.143. The standard InChI is InChI=1S/C17H23FN2O4/c1-11-7-13(16(21)22)10-20(9-11)17(23)19-8-15(24-2)12-3-5-14(18)6-4-12/h3-6,11,13,15H,7-10H2,1-2H3,(H,19,23)(H,21,22). The van der Waals surface area contributed by atoms with E-state index in [0.29, 0.717) is 13.0 Å². The number of likely N-dealkylation sites (tertiary alicyclic amines) is 1. The zero-order valence-electron chi connectivity index (χ0n) is 13.9. The fraction of sp³-hybridized carbons (Fsp3) is 0.529. The summed E-state index contributed by atoms with van der Waals surface area (Å²) in [6, 6.07) is 5.59. The van der Waals surface area contributed by atoms with Crippen LogP contribution in [0, 0.1) is 17.7 Å². The van der Waals surface area contributed by atoms with Crippen molar-refractivity contribution < 1.29 is 23.8 Å². The summed E-state index contributed by atoms with van der Waals surface area (Å²) in [5.41, 5.74) is 0.759. The largest absolute Gasteiger partial charge is 0.481 e. The second-order valence-electron chi connectivity index (χ2n) is 6.24. The SMILES string of the molecule is COC(CNC(=O)N1CC(C)CC(C(=O)O)C1)c1ccc(F)cc1. The third kappa shape index (κ3) is 4.67. The van der Waals surface area contributed by atoms with E-state index < -0.39 is 18.0 Å². The van der Waals surface area contributed by atoms with Crippen LogP contribution in [0.15, 0.2) is 24.3 Å². The van der Waals surface area contributed by atoms with Crippen molar-refractivity contribution in [1.29, 1.82) is 0 Å². The zero-order chi connectivity index (χ0) is 17.7. The van der Waals surface area contributed by atoms with Gasteiger partial charge in [0.25, 0.3) is 0 Å². The highest BCUT2D eigenvalue weighted by Crippen LogP contribution is 2.22. The number of rotatable bonds is 5. The molecule has 1 aromatic rings. The molecule has 0 bridgehead atoms. The summed E-state index contributed by atoms with van der Waals surface area (Å²) in [7, 11) is 1.52. The number of ether oxygens (including phenoxy) is 1. The van der Waals surface area contributed by atoms with Gasteiger partial charge in [-0.15, -0.1) is 0 Å². The van der Waals surface area contributed by atoms with Gasteiger partial charge in [-0.05, 0) is 30.0 Å². The number of amides is 2. The summed E-state index contributed by atoms with van der Waals surface area (Å²) < 4.78 is 18.3. The van der Waals surface area contributed by atoms with E-state index in [4.69, 9.17) is 4.74 Å². The maximum atomic E-state index is 13.0. The Bertz CT molecular complexity index is 578. The molecular weight excluding hydrogens is 315 g/mol. The Hall–Kier alpha value is -2.15. The lowest BCUT2D eigenvalue weighted by Crippen LogP contribution is -2.50. The number of hydrogen-bond donors (Lipinski definition) is 2. The summed E-state index contributed by atoms with van der Waals surface area (Å²) in [4.78, 5) is 25.0. The first-order valence-corrected chi connectivity index (χ1v) is 7.94. The number of benzene rings is 1. The third-order valence-electron chi connectivity index (χ3n) is 4.26. The minimum Gasteiger partial charge on any atom is -0.481 e. The Morgan fingerprint density at radius 2 is 2.04 bits per heavy atom. The van der Waals surface area contributed by atoms with E-state index >= 15 is 0 Å². The molecule has 1 heterocycles. The predicted octanol–water partition coefficient (Wildman–Crippen LogP) is 2.27. The number of carbonyl (C=O) groups excluding carboxylic acids is 1. The van der Waals surface area contributed by atoms with Crippen molar-refractivity contribution in [3.8, 4) is 0 Å². The number of hydrogen-bond acceptors (Lipinski definition) is 3. The molecule has 6 nitrogen and oxygen atoms in total. The molecule has 0 spiro atoms. The number of urea groups is 1. The van der Waals surface area contributed by atoms with Crippen LogP contribution in [0.4, 0.5) is 9.18 Å².